The van der Waals surface area contributed by atoms with Crippen molar-refractivity contribution in [3.8, 4) is 0 Å². The molecule has 1 aromatic heterocycles. The fraction of sp³-hybridized carbons (Fsp3) is 0.259. The van der Waals surface area contributed by atoms with Crippen LogP contribution in [0.1, 0.15) is 24.0 Å². The third-order valence-corrected chi connectivity index (χ3v) is 6.42. The van der Waals surface area contributed by atoms with Crippen LogP contribution in [0.5, 0.6) is 0 Å². The normalized spacial score (nSPS) is 14.5. The van der Waals surface area contributed by atoms with Gasteiger partial charge in [0.15, 0.2) is 0 Å². The van der Waals surface area contributed by atoms with Gasteiger partial charge in [-0.25, -0.2) is 9.37 Å². The molecule has 0 radical (unpaired) electrons. The van der Waals surface area contributed by atoms with Crippen LogP contribution >= 0.6 is 0 Å². The zero-order chi connectivity index (χ0) is 22.8. The van der Waals surface area contributed by atoms with Crippen LogP contribution in [0, 0.1) is 18.7 Å². The molecule has 0 unspecified atom stereocenters. The molecule has 1 amide bonds. The number of rotatable bonds is 5. The summed E-state index contributed by atoms with van der Waals surface area (Å²) in [6.07, 6.45) is 1.53. The molecular weight excluding hydrogens is 415 g/mol. The zero-order valence-corrected chi connectivity index (χ0v) is 18.7. The summed E-state index contributed by atoms with van der Waals surface area (Å²) in [5, 5.41) is 3.09. The Morgan fingerprint density at radius 2 is 1.79 bits per heavy atom. The van der Waals surface area contributed by atoms with Gasteiger partial charge < -0.3 is 14.8 Å². The van der Waals surface area contributed by atoms with E-state index in [1.54, 1.807) is 12.1 Å². The highest BCUT2D eigenvalue weighted by molar-refractivity contribution is 5.93. The van der Waals surface area contributed by atoms with Gasteiger partial charge in [-0.15, -0.1) is 0 Å². The molecule has 5 nitrogen and oxygen atoms in total. The van der Waals surface area contributed by atoms with Crippen molar-refractivity contribution in [1.29, 1.82) is 0 Å². The van der Waals surface area contributed by atoms with Crippen molar-refractivity contribution in [3.05, 3.63) is 89.7 Å². The molecule has 2 heterocycles. The van der Waals surface area contributed by atoms with Gasteiger partial charge in [-0.3, -0.25) is 4.79 Å². The standard InChI is InChI=1S/C27H27FN4O/c1-19-7-2-3-10-23(19)29-26(33)21-13-15-31(16-14-21)27-30-24-11-4-5-12-25(24)32(27)18-20-8-6-9-22(28)17-20/h2-12,17,21H,13-16,18H2,1H3,(H,29,33). The largest absolute Gasteiger partial charge is 0.342 e. The van der Waals surface area contributed by atoms with Crippen LogP contribution in [-0.2, 0) is 11.3 Å². The van der Waals surface area contributed by atoms with Gasteiger partial charge in [0.25, 0.3) is 0 Å². The number of fused-ring (bicyclic) bond motifs is 1. The molecule has 3 aromatic carbocycles. The van der Waals surface area contributed by atoms with Crippen molar-refractivity contribution >= 4 is 28.6 Å². The van der Waals surface area contributed by atoms with Gasteiger partial charge in [-0.2, -0.15) is 0 Å². The summed E-state index contributed by atoms with van der Waals surface area (Å²) in [7, 11) is 0. The maximum atomic E-state index is 13.8. The number of nitrogens with one attached hydrogen (secondary N) is 1. The smallest absolute Gasteiger partial charge is 0.227 e. The predicted molar refractivity (Wildman–Crippen MR) is 130 cm³/mol. The Kier molecular flexibility index (Phi) is 5.82. The molecule has 0 atom stereocenters. The summed E-state index contributed by atoms with van der Waals surface area (Å²) >= 11 is 0. The number of amides is 1. The maximum Gasteiger partial charge on any atom is 0.227 e. The van der Waals surface area contributed by atoms with Gasteiger partial charge >= 0.3 is 0 Å². The van der Waals surface area contributed by atoms with Crippen molar-refractivity contribution in [1.82, 2.24) is 9.55 Å². The van der Waals surface area contributed by atoms with Crippen molar-refractivity contribution in [2.45, 2.75) is 26.3 Å². The highest BCUT2D eigenvalue weighted by Gasteiger charge is 2.28. The number of imidazole rings is 1. The Bertz CT molecular complexity index is 1290. The van der Waals surface area contributed by atoms with Crippen molar-refractivity contribution in [2.75, 3.05) is 23.3 Å². The van der Waals surface area contributed by atoms with Gasteiger partial charge in [-0.1, -0.05) is 42.5 Å². The zero-order valence-electron chi connectivity index (χ0n) is 18.7. The van der Waals surface area contributed by atoms with E-state index in [0.717, 1.165) is 59.7 Å². The minimum Gasteiger partial charge on any atom is -0.342 e. The third-order valence-electron chi connectivity index (χ3n) is 6.42. The molecule has 5 rings (SSSR count). The van der Waals surface area contributed by atoms with Crippen LogP contribution in [0.3, 0.4) is 0 Å². The van der Waals surface area contributed by atoms with Crippen LogP contribution < -0.4 is 10.2 Å². The number of aromatic nitrogens is 2. The Hall–Kier alpha value is -3.67. The van der Waals surface area contributed by atoms with Crippen LogP contribution in [-0.4, -0.2) is 28.5 Å². The van der Waals surface area contributed by atoms with Gasteiger partial charge in [0.2, 0.25) is 11.9 Å². The lowest BCUT2D eigenvalue weighted by atomic mass is 9.96. The molecule has 0 spiro atoms. The fourth-order valence-electron chi connectivity index (χ4n) is 4.57. The Morgan fingerprint density at radius 1 is 1.03 bits per heavy atom. The SMILES string of the molecule is Cc1ccccc1NC(=O)C1CCN(c2nc3ccccc3n2Cc2cccc(F)c2)CC1. The molecule has 1 N–H and O–H groups in total. The summed E-state index contributed by atoms with van der Waals surface area (Å²) in [4.78, 5) is 20.0. The minimum atomic E-state index is -0.237. The average molecular weight is 443 g/mol. The summed E-state index contributed by atoms with van der Waals surface area (Å²) in [6, 6.07) is 22.6. The summed E-state index contributed by atoms with van der Waals surface area (Å²) in [6.45, 7) is 4.04. The van der Waals surface area contributed by atoms with Crippen molar-refractivity contribution in [2.24, 2.45) is 5.92 Å². The minimum absolute atomic E-state index is 0.0260. The van der Waals surface area contributed by atoms with Gasteiger partial charge in [0, 0.05) is 24.7 Å². The number of aryl methyl sites for hydroxylation is 1. The lowest BCUT2D eigenvalue weighted by Crippen LogP contribution is -2.39. The molecule has 1 fully saturated rings. The first kappa shape index (κ1) is 21.2. The number of hydrogen-bond acceptors (Lipinski definition) is 3. The van der Waals surface area contributed by atoms with Gasteiger partial charge in [0.1, 0.15) is 5.82 Å². The second-order valence-corrected chi connectivity index (χ2v) is 8.68. The van der Waals surface area contributed by atoms with Gasteiger partial charge in [-0.05, 0) is 61.2 Å². The van der Waals surface area contributed by atoms with Crippen LogP contribution in [0.25, 0.3) is 11.0 Å². The van der Waals surface area contributed by atoms with E-state index in [1.165, 1.54) is 6.07 Å². The molecule has 0 bridgehead atoms. The van der Waals surface area contributed by atoms with Crippen LogP contribution in [0.15, 0.2) is 72.8 Å². The van der Waals surface area contributed by atoms with Crippen LogP contribution in [0.2, 0.25) is 0 Å². The monoisotopic (exact) mass is 442 g/mol. The Morgan fingerprint density at radius 3 is 2.58 bits per heavy atom. The second-order valence-electron chi connectivity index (χ2n) is 8.68. The first-order valence-electron chi connectivity index (χ1n) is 11.4. The number of para-hydroxylation sites is 3. The van der Waals surface area contributed by atoms with Crippen molar-refractivity contribution < 1.29 is 9.18 Å². The maximum absolute atomic E-state index is 13.8. The molecule has 33 heavy (non-hydrogen) atoms. The number of benzene rings is 3. The molecule has 1 saturated heterocycles. The third kappa shape index (κ3) is 4.46. The molecule has 6 heteroatoms. The first-order chi connectivity index (χ1) is 16.1. The number of carbonyl (C=O) groups is 1. The van der Waals surface area contributed by atoms with E-state index >= 15 is 0 Å². The topological polar surface area (TPSA) is 50.2 Å². The van der Waals surface area contributed by atoms with E-state index in [0.29, 0.717) is 6.54 Å². The summed E-state index contributed by atoms with van der Waals surface area (Å²) in [5.41, 5.74) is 4.78. The number of anilines is 2. The average Bonchev–Trinajstić information content (AvgIpc) is 3.19. The number of hydrogen-bond donors (Lipinski definition) is 1. The molecule has 1 aliphatic rings. The highest BCUT2D eigenvalue weighted by atomic mass is 19.1. The first-order valence-corrected chi connectivity index (χ1v) is 11.4. The molecule has 168 valence electrons. The van der Waals surface area contributed by atoms with E-state index in [4.69, 9.17) is 4.98 Å². The molecule has 0 saturated carbocycles. The summed E-state index contributed by atoms with van der Waals surface area (Å²) in [5.74, 6) is 0.691. The summed E-state index contributed by atoms with van der Waals surface area (Å²) < 4.78 is 15.9. The van der Waals surface area contributed by atoms with Crippen LogP contribution in [0.4, 0.5) is 16.0 Å². The lowest BCUT2D eigenvalue weighted by molar-refractivity contribution is -0.120. The molecule has 0 aliphatic carbocycles. The molecular formula is C27H27FN4O. The fourth-order valence-corrected chi connectivity index (χ4v) is 4.57. The lowest BCUT2D eigenvalue weighted by Gasteiger charge is -2.32. The number of carbonyl (C=O) groups excluding carboxylic acids is 1. The van der Waals surface area contributed by atoms with Crippen molar-refractivity contribution in [3.63, 3.8) is 0 Å². The van der Waals surface area contributed by atoms with E-state index in [9.17, 15) is 9.18 Å². The number of piperidine rings is 1. The van der Waals surface area contributed by atoms with E-state index < -0.39 is 0 Å². The second kappa shape index (κ2) is 9.06. The highest BCUT2D eigenvalue weighted by Crippen LogP contribution is 2.29. The van der Waals surface area contributed by atoms with E-state index in [-0.39, 0.29) is 17.6 Å². The Labute approximate surface area is 192 Å². The molecule has 4 aromatic rings. The molecule has 1 aliphatic heterocycles. The van der Waals surface area contributed by atoms with E-state index in [1.807, 2.05) is 61.5 Å². The number of halogens is 1. The quantitative estimate of drug-likeness (QED) is 0.451. The predicted octanol–water partition coefficient (Wildman–Crippen LogP) is 5.39. The number of nitrogens with zero attached hydrogens (tertiary/aromatic N) is 3. The van der Waals surface area contributed by atoms with Gasteiger partial charge in [0.05, 0.1) is 17.6 Å². The Balaban J connectivity index is 1.34. The van der Waals surface area contributed by atoms with E-state index in [2.05, 4.69) is 14.8 Å².